The molecule has 1 N–H and O–H groups in total. The first-order valence-corrected chi connectivity index (χ1v) is 11.8. The minimum atomic E-state index is -0.151. The Morgan fingerprint density at radius 3 is 2.68 bits per heavy atom. The first-order valence-electron chi connectivity index (χ1n) is 11.4. The molecule has 180 valence electrons. The predicted molar refractivity (Wildman–Crippen MR) is 138 cm³/mol. The number of halogens is 1. The van der Waals surface area contributed by atoms with Gasteiger partial charge in [0.1, 0.15) is 17.3 Å². The number of rotatable bonds is 7. The monoisotopic (exact) mass is 482 g/mol. The molecule has 0 saturated carbocycles. The van der Waals surface area contributed by atoms with Crippen LogP contribution >= 0.6 is 11.6 Å². The zero-order chi connectivity index (χ0) is 24.4. The number of nitrogens with one attached hydrogen (secondary N) is 1. The number of pyridine rings is 1. The lowest BCUT2D eigenvalue weighted by Crippen LogP contribution is -2.38. The highest BCUT2D eigenvalue weighted by Gasteiger charge is 2.35. The van der Waals surface area contributed by atoms with Crippen LogP contribution in [0.1, 0.15) is 12.6 Å². The largest absolute Gasteiger partial charge is 0.378 e. The van der Waals surface area contributed by atoms with Crippen LogP contribution in [0.15, 0.2) is 47.4 Å². The molecule has 1 aliphatic rings. The van der Waals surface area contributed by atoms with Crippen LogP contribution in [-0.2, 0) is 11.8 Å². The average Bonchev–Trinajstić information content (AvgIpc) is 3.22. The van der Waals surface area contributed by atoms with Gasteiger partial charge in [-0.05, 0) is 44.2 Å². The first kappa shape index (κ1) is 24.0. The molecule has 1 saturated heterocycles. The maximum absolute atomic E-state index is 13.4. The summed E-state index contributed by atoms with van der Waals surface area (Å²) in [6.07, 6.45) is 1.70. The highest BCUT2D eigenvalue weighted by Crippen LogP contribution is 2.30. The van der Waals surface area contributed by atoms with Gasteiger partial charge >= 0.3 is 0 Å². The van der Waals surface area contributed by atoms with Crippen LogP contribution in [0.2, 0.25) is 5.02 Å². The third kappa shape index (κ3) is 4.74. The molecule has 9 heteroatoms. The number of hydrogen-bond donors (Lipinski definition) is 1. The molecule has 1 aliphatic heterocycles. The minimum Gasteiger partial charge on any atom is -0.378 e. The van der Waals surface area contributed by atoms with Crippen molar-refractivity contribution in [2.75, 3.05) is 48.9 Å². The van der Waals surface area contributed by atoms with E-state index in [1.54, 1.807) is 17.8 Å². The summed E-state index contributed by atoms with van der Waals surface area (Å²) in [5.74, 6) is 1.43. The van der Waals surface area contributed by atoms with Crippen molar-refractivity contribution in [2.24, 2.45) is 7.05 Å². The van der Waals surface area contributed by atoms with Gasteiger partial charge in [-0.1, -0.05) is 17.7 Å². The van der Waals surface area contributed by atoms with Gasteiger partial charge in [0.15, 0.2) is 0 Å². The van der Waals surface area contributed by atoms with E-state index in [1.165, 1.54) is 0 Å². The Balaban J connectivity index is 1.64. The van der Waals surface area contributed by atoms with Gasteiger partial charge in [-0.25, -0.2) is 9.97 Å². The van der Waals surface area contributed by atoms with E-state index in [0.29, 0.717) is 41.9 Å². The highest BCUT2D eigenvalue weighted by molar-refractivity contribution is 6.33. The van der Waals surface area contributed by atoms with Crippen molar-refractivity contribution < 1.29 is 4.74 Å². The Kier molecular flexibility index (Phi) is 7.09. The second-order valence-corrected chi connectivity index (χ2v) is 9.06. The third-order valence-corrected chi connectivity index (χ3v) is 6.44. The van der Waals surface area contributed by atoms with Gasteiger partial charge in [-0.15, -0.1) is 0 Å². The van der Waals surface area contributed by atoms with Gasteiger partial charge in [-0.2, -0.15) is 0 Å². The molecule has 4 rings (SSSR count). The first-order chi connectivity index (χ1) is 16.3. The molecule has 0 radical (unpaired) electrons. The third-order valence-electron chi connectivity index (χ3n) is 6.13. The second-order valence-electron chi connectivity index (χ2n) is 8.66. The van der Waals surface area contributed by atoms with Gasteiger partial charge in [0.2, 0.25) is 0 Å². The molecule has 3 heterocycles. The summed E-state index contributed by atoms with van der Waals surface area (Å²) in [5, 5.41) is 3.99. The fraction of sp³-hybridized carbons (Fsp3) is 0.400. The normalized spacial score (nSPS) is 17.8. The Labute approximate surface area is 205 Å². The smallest absolute Gasteiger partial charge is 0.277 e. The predicted octanol–water partition coefficient (Wildman–Crippen LogP) is 3.58. The molecular formula is C25H31ClN6O2. The Bertz CT molecular complexity index is 1210. The number of aryl methyl sites for hydroxylation is 1. The van der Waals surface area contributed by atoms with Crippen molar-refractivity contribution >= 4 is 28.8 Å². The van der Waals surface area contributed by atoms with E-state index < -0.39 is 0 Å². The fourth-order valence-electron chi connectivity index (χ4n) is 4.29. The van der Waals surface area contributed by atoms with Crippen LogP contribution in [0, 0.1) is 6.92 Å². The maximum atomic E-state index is 13.4. The second kappa shape index (κ2) is 10.0. The quantitative estimate of drug-likeness (QED) is 0.551. The molecule has 0 bridgehead atoms. The van der Waals surface area contributed by atoms with Crippen molar-refractivity contribution in [2.45, 2.75) is 26.0 Å². The summed E-state index contributed by atoms with van der Waals surface area (Å²) < 4.78 is 7.55. The minimum absolute atomic E-state index is 0.0797. The van der Waals surface area contributed by atoms with Gasteiger partial charge < -0.3 is 19.9 Å². The molecule has 0 spiro atoms. The van der Waals surface area contributed by atoms with Crippen molar-refractivity contribution in [1.29, 1.82) is 0 Å². The lowest BCUT2D eigenvalue weighted by atomic mass is 10.1. The molecule has 34 heavy (non-hydrogen) atoms. The Morgan fingerprint density at radius 1 is 1.24 bits per heavy atom. The maximum Gasteiger partial charge on any atom is 0.277 e. The number of ether oxygens (including phenoxy) is 1. The summed E-state index contributed by atoms with van der Waals surface area (Å²) in [4.78, 5) is 26.8. The molecule has 2 aromatic heterocycles. The zero-order valence-corrected chi connectivity index (χ0v) is 21.0. The molecule has 3 aromatic rings. The van der Waals surface area contributed by atoms with Crippen molar-refractivity contribution in [1.82, 2.24) is 14.5 Å². The van der Waals surface area contributed by atoms with E-state index in [-0.39, 0.29) is 17.7 Å². The van der Waals surface area contributed by atoms with E-state index in [0.717, 1.165) is 17.1 Å². The number of benzene rings is 1. The Hall–Kier alpha value is -3.10. The van der Waals surface area contributed by atoms with E-state index in [9.17, 15) is 4.79 Å². The van der Waals surface area contributed by atoms with Crippen LogP contribution in [0.25, 0.3) is 11.4 Å². The number of hydrogen-bond acceptors (Lipinski definition) is 7. The standard InChI is InChI=1S/C25H31ClN6O2/c1-6-34-21-15-32(22-9-7-8-12-27-22)14-20(21)29-23-16(2)28-24(31(5)25(23)33)18-11-10-17(30(3)4)13-19(18)26/h7-13,20-21,29H,6,14-15H2,1-5H3/t20-,21+/m1/s1. The zero-order valence-electron chi connectivity index (χ0n) is 20.2. The van der Waals surface area contributed by atoms with Crippen molar-refractivity contribution in [3.8, 4) is 11.4 Å². The summed E-state index contributed by atoms with van der Waals surface area (Å²) in [7, 11) is 5.63. The SMILES string of the molecule is CCO[C@H]1CN(c2ccccn2)C[C@H]1Nc1c(C)nc(-c2ccc(N(C)C)cc2Cl)n(C)c1=O. The fourth-order valence-corrected chi connectivity index (χ4v) is 4.55. The molecule has 0 aliphatic carbocycles. The van der Waals surface area contributed by atoms with E-state index in [2.05, 4.69) is 15.2 Å². The van der Waals surface area contributed by atoms with Crippen LogP contribution in [0.4, 0.5) is 17.2 Å². The van der Waals surface area contributed by atoms with Gasteiger partial charge in [0.05, 0.1) is 22.9 Å². The molecular weight excluding hydrogens is 452 g/mol. The van der Waals surface area contributed by atoms with Gasteiger partial charge in [0, 0.05) is 58.3 Å². The van der Waals surface area contributed by atoms with Crippen LogP contribution in [0.3, 0.4) is 0 Å². The van der Waals surface area contributed by atoms with E-state index >= 15 is 0 Å². The number of nitrogens with zero attached hydrogens (tertiary/aromatic N) is 5. The molecule has 1 fully saturated rings. The molecule has 0 amide bonds. The number of aromatic nitrogens is 3. The molecule has 2 atom stereocenters. The number of anilines is 3. The molecule has 8 nitrogen and oxygen atoms in total. The molecule has 1 aromatic carbocycles. The van der Waals surface area contributed by atoms with Crippen molar-refractivity contribution in [3.05, 3.63) is 63.7 Å². The topological polar surface area (TPSA) is 75.5 Å². The summed E-state index contributed by atoms with van der Waals surface area (Å²) in [6.45, 7) is 5.78. The van der Waals surface area contributed by atoms with Gasteiger partial charge in [-0.3, -0.25) is 9.36 Å². The molecule has 0 unspecified atom stereocenters. The van der Waals surface area contributed by atoms with E-state index in [4.69, 9.17) is 21.3 Å². The lowest BCUT2D eigenvalue weighted by Gasteiger charge is -2.22. The van der Waals surface area contributed by atoms with Crippen LogP contribution in [-0.4, -0.2) is 60.5 Å². The summed E-state index contributed by atoms with van der Waals surface area (Å²) >= 11 is 6.56. The lowest BCUT2D eigenvalue weighted by molar-refractivity contribution is 0.0720. The summed E-state index contributed by atoms with van der Waals surface area (Å²) in [6, 6.07) is 11.5. The highest BCUT2D eigenvalue weighted by atomic mass is 35.5. The van der Waals surface area contributed by atoms with E-state index in [1.807, 2.05) is 69.2 Å². The van der Waals surface area contributed by atoms with Crippen molar-refractivity contribution in [3.63, 3.8) is 0 Å². The Morgan fingerprint density at radius 2 is 2.03 bits per heavy atom. The summed E-state index contributed by atoms with van der Waals surface area (Å²) in [5.41, 5.74) is 2.65. The average molecular weight is 483 g/mol. The van der Waals surface area contributed by atoms with Gasteiger partial charge in [0.25, 0.3) is 5.56 Å². The van der Waals surface area contributed by atoms with Crippen LogP contribution in [0.5, 0.6) is 0 Å². The van der Waals surface area contributed by atoms with Crippen LogP contribution < -0.4 is 20.7 Å².